The normalized spacial score (nSPS) is 17.4. The van der Waals surface area contributed by atoms with Crippen molar-refractivity contribution in [3.8, 4) is 5.75 Å². The van der Waals surface area contributed by atoms with E-state index in [0.29, 0.717) is 12.4 Å². The highest BCUT2D eigenvalue weighted by Crippen LogP contribution is 2.32. The lowest BCUT2D eigenvalue weighted by molar-refractivity contribution is 0.207. The van der Waals surface area contributed by atoms with Gasteiger partial charge in [0.25, 0.3) is 0 Å². The molecule has 0 spiro atoms. The minimum atomic E-state index is -0.496. The molecule has 0 bridgehead atoms. The monoisotopic (exact) mass is 318 g/mol. The van der Waals surface area contributed by atoms with Gasteiger partial charge in [-0.15, -0.1) is 0 Å². The number of likely N-dealkylation sites (tertiary alicyclic amines) is 1. The Bertz CT molecular complexity index is 671. The van der Waals surface area contributed by atoms with Crippen LogP contribution in [0.15, 0.2) is 36.5 Å². The van der Waals surface area contributed by atoms with E-state index in [1.807, 2.05) is 12.1 Å². The van der Waals surface area contributed by atoms with Crippen molar-refractivity contribution in [3.05, 3.63) is 42.1 Å². The number of phenols is 1. The van der Waals surface area contributed by atoms with Gasteiger partial charge in [0, 0.05) is 18.8 Å². The number of urea groups is 1. The molecule has 3 rings (SSSR count). The van der Waals surface area contributed by atoms with Crippen LogP contribution in [0.2, 0.25) is 0 Å². The van der Waals surface area contributed by atoms with Gasteiger partial charge in [-0.3, -0.25) is 10.00 Å². The van der Waals surface area contributed by atoms with Crippen LogP contribution in [0.1, 0.15) is 24.4 Å². The molecule has 2 amide bonds. The number of halogens is 1. The maximum Gasteiger partial charge on any atom is 0.323 e. The van der Waals surface area contributed by atoms with E-state index in [-0.39, 0.29) is 24.4 Å². The van der Waals surface area contributed by atoms with Crippen LogP contribution in [0.3, 0.4) is 0 Å². The minimum Gasteiger partial charge on any atom is -0.508 e. The summed E-state index contributed by atoms with van der Waals surface area (Å²) in [6, 6.07) is 8.35. The van der Waals surface area contributed by atoms with E-state index in [0.717, 1.165) is 18.4 Å². The van der Waals surface area contributed by atoms with Crippen LogP contribution in [0.4, 0.5) is 15.0 Å². The summed E-state index contributed by atoms with van der Waals surface area (Å²) in [5.41, 5.74) is 0.999. The Hall–Kier alpha value is -2.57. The fourth-order valence-corrected chi connectivity index (χ4v) is 2.87. The molecule has 1 aromatic heterocycles. The number of aromatic nitrogens is 2. The van der Waals surface area contributed by atoms with Crippen molar-refractivity contribution in [1.82, 2.24) is 14.7 Å². The summed E-state index contributed by atoms with van der Waals surface area (Å²) >= 11 is 0. The van der Waals surface area contributed by atoms with Gasteiger partial charge in [0.05, 0.1) is 12.6 Å². The Morgan fingerprint density at radius 2 is 2.13 bits per heavy atom. The fourth-order valence-electron chi connectivity index (χ4n) is 2.87. The Kier molecular flexibility index (Phi) is 4.45. The molecule has 0 saturated carbocycles. The predicted octanol–water partition coefficient (Wildman–Crippen LogP) is 2.93. The van der Waals surface area contributed by atoms with Crippen molar-refractivity contribution in [2.45, 2.75) is 25.4 Å². The van der Waals surface area contributed by atoms with Crippen molar-refractivity contribution in [2.75, 3.05) is 18.5 Å². The first-order chi connectivity index (χ1) is 11.2. The summed E-state index contributed by atoms with van der Waals surface area (Å²) in [4.78, 5) is 14.2. The molecule has 23 heavy (non-hydrogen) atoms. The van der Waals surface area contributed by atoms with E-state index in [2.05, 4.69) is 10.4 Å². The molecule has 1 aliphatic rings. The number of carbonyl (C=O) groups is 1. The highest BCUT2D eigenvalue weighted by atomic mass is 19.1. The number of rotatable bonds is 4. The van der Waals surface area contributed by atoms with Gasteiger partial charge in [-0.2, -0.15) is 5.10 Å². The molecule has 1 unspecified atom stereocenters. The zero-order valence-corrected chi connectivity index (χ0v) is 12.7. The lowest BCUT2D eigenvalue weighted by Gasteiger charge is -2.25. The molecule has 0 radical (unpaired) electrons. The zero-order valence-electron chi connectivity index (χ0n) is 12.7. The van der Waals surface area contributed by atoms with E-state index in [9.17, 15) is 14.3 Å². The molecule has 1 atom stereocenters. The van der Waals surface area contributed by atoms with Crippen LogP contribution >= 0.6 is 0 Å². The molecule has 1 fully saturated rings. The SMILES string of the molecule is O=C(Nc1ccn(CCF)n1)N1CCCC1c1ccc(O)cc1. The molecule has 2 aromatic rings. The molecule has 7 heteroatoms. The van der Waals surface area contributed by atoms with Crippen LogP contribution in [-0.2, 0) is 6.54 Å². The van der Waals surface area contributed by atoms with Gasteiger partial charge >= 0.3 is 6.03 Å². The number of benzene rings is 1. The predicted molar refractivity (Wildman–Crippen MR) is 84.0 cm³/mol. The molecule has 1 aromatic carbocycles. The van der Waals surface area contributed by atoms with E-state index in [1.165, 1.54) is 4.68 Å². The minimum absolute atomic E-state index is 0.0106. The summed E-state index contributed by atoms with van der Waals surface area (Å²) in [6.07, 6.45) is 3.44. The second kappa shape index (κ2) is 6.68. The van der Waals surface area contributed by atoms with Gasteiger partial charge in [-0.05, 0) is 30.5 Å². The van der Waals surface area contributed by atoms with Crippen molar-refractivity contribution < 1.29 is 14.3 Å². The van der Waals surface area contributed by atoms with Gasteiger partial charge in [-0.1, -0.05) is 12.1 Å². The Labute approximate surface area is 133 Å². The van der Waals surface area contributed by atoms with Crippen LogP contribution in [0.5, 0.6) is 5.75 Å². The maximum absolute atomic E-state index is 12.5. The summed E-state index contributed by atoms with van der Waals surface area (Å²) in [5, 5.41) is 16.2. The van der Waals surface area contributed by atoms with Gasteiger partial charge in [0.1, 0.15) is 12.4 Å². The largest absolute Gasteiger partial charge is 0.508 e. The standard InChI is InChI=1S/C16H19FN4O2/c17-8-11-20-10-7-15(19-20)18-16(23)21-9-1-2-14(21)12-3-5-13(22)6-4-12/h3-7,10,14,22H,1-2,8-9,11H2,(H,18,19,23). The van der Waals surface area contributed by atoms with E-state index in [4.69, 9.17) is 0 Å². The number of nitrogens with zero attached hydrogens (tertiary/aromatic N) is 3. The number of alkyl halides is 1. The van der Waals surface area contributed by atoms with Crippen LogP contribution in [0, 0.1) is 0 Å². The number of hydrogen-bond donors (Lipinski definition) is 2. The third kappa shape index (κ3) is 3.44. The van der Waals surface area contributed by atoms with Gasteiger partial charge in [-0.25, -0.2) is 9.18 Å². The topological polar surface area (TPSA) is 70.4 Å². The number of phenolic OH excluding ortho intramolecular Hbond substituents is 1. The number of aromatic hydroxyl groups is 1. The Balaban J connectivity index is 1.68. The number of amides is 2. The molecule has 2 heterocycles. The van der Waals surface area contributed by atoms with Crippen molar-refractivity contribution in [2.24, 2.45) is 0 Å². The van der Waals surface area contributed by atoms with Crippen LogP contribution in [-0.4, -0.2) is 39.0 Å². The number of carbonyl (C=O) groups excluding carboxylic acids is 1. The quantitative estimate of drug-likeness (QED) is 0.910. The molecular formula is C16H19FN4O2. The van der Waals surface area contributed by atoms with Crippen molar-refractivity contribution in [1.29, 1.82) is 0 Å². The average Bonchev–Trinajstić information content (AvgIpc) is 3.18. The van der Waals surface area contributed by atoms with Crippen LogP contribution in [0.25, 0.3) is 0 Å². The maximum atomic E-state index is 12.5. The second-order valence-electron chi connectivity index (χ2n) is 5.53. The Morgan fingerprint density at radius 3 is 2.87 bits per heavy atom. The summed E-state index contributed by atoms with van der Waals surface area (Å²) < 4.78 is 13.7. The third-order valence-electron chi connectivity index (χ3n) is 3.98. The second-order valence-corrected chi connectivity index (χ2v) is 5.53. The first-order valence-corrected chi connectivity index (χ1v) is 7.63. The summed E-state index contributed by atoms with van der Waals surface area (Å²) in [6.45, 7) is 0.350. The smallest absolute Gasteiger partial charge is 0.323 e. The van der Waals surface area contributed by atoms with Crippen molar-refractivity contribution in [3.63, 3.8) is 0 Å². The average molecular weight is 318 g/mol. The van der Waals surface area contributed by atoms with Gasteiger partial charge < -0.3 is 10.0 Å². The van der Waals surface area contributed by atoms with Crippen molar-refractivity contribution >= 4 is 11.8 Å². The molecular weight excluding hydrogens is 299 g/mol. The molecule has 0 aliphatic carbocycles. The molecule has 2 N–H and O–H groups in total. The van der Waals surface area contributed by atoms with E-state index < -0.39 is 6.67 Å². The van der Waals surface area contributed by atoms with E-state index in [1.54, 1.807) is 29.3 Å². The first-order valence-electron chi connectivity index (χ1n) is 7.63. The highest BCUT2D eigenvalue weighted by molar-refractivity contribution is 5.88. The number of hydrogen-bond acceptors (Lipinski definition) is 3. The third-order valence-corrected chi connectivity index (χ3v) is 3.98. The molecule has 1 saturated heterocycles. The summed E-state index contributed by atoms with van der Waals surface area (Å²) in [5.74, 6) is 0.626. The lowest BCUT2D eigenvalue weighted by Crippen LogP contribution is -2.34. The number of aryl methyl sites for hydroxylation is 1. The fraction of sp³-hybridized carbons (Fsp3) is 0.375. The first kappa shape index (κ1) is 15.3. The Morgan fingerprint density at radius 1 is 1.35 bits per heavy atom. The summed E-state index contributed by atoms with van der Waals surface area (Å²) in [7, 11) is 0. The molecule has 122 valence electrons. The highest BCUT2D eigenvalue weighted by Gasteiger charge is 2.30. The molecule has 1 aliphatic heterocycles. The van der Waals surface area contributed by atoms with Gasteiger partial charge in [0.15, 0.2) is 5.82 Å². The zero-order chi connectivity index (χ0) is 16.2. The van der Waals surface area contributed by atoms with Gasteiger partial charge in [0.2, 0.25) is 0 Å². The molecule has 6 nitrogen and oxygen atoms in total. The van der Waals surface area contributed by atoms with E-state index >= 15 is 0 Å². The number of anilines is 1. The lowest BCUT2D eigenvalue weighted by atomic mass is 10.0. The van der Waals surface area contributed by atoms with Crippen LogP contribution < -0.4 is 5.32 Å². The number of nitrogens with one attached hydrogen (secondary N) is 1.